The van der Waals surface area contributed by atoms with Crippen molar-refractivity contribution in [2.45, 2.75) is 70.9 Å². The molecule has 0 aromatic carbocycles. The zero-order chi connectivity index (χ0) is 14.6. The van der Waals surface area contributed by atoms with Gasteiger partial charge >= 0.3 is 0 Å². The summed E-state index contributed by atoms with van der Waals surface area (Å²) in [6, 6.07) is 0. The first kappa shape index (κ1) is 15.4. The zero-order valence-corrected chi connectivity index (χ0v) is 13.1. The molecule has 2 atom stereocenters. The van der Waals surface area contributed by atoms with Crippen molar-refractivity contribution in [2.24, 2.45) is 5.92 Å². The quantitative estimate of drug-likeness (QED) is 0.840. The molecule has 1 N–H and O–H groups in total. The summed E-state index contributed by atoms with van der Waals surface area (Å²) in [6.45, 7) is 5.06. The van der Waals surface area contributed by atoms with Gasteiger partial charge in [0.15, 0.2) is 5.75 Å². The van der Waals surface area contributed by atoms with E-state index in [0.29, 0.717) is 0 Å². The van der Waals surface area contributed by atoms with Gasteiger partial charge in [0.2, 0.25) is 0 Å². The van der Waals surface area contributed by atoms with Crippen LogP contribution >= 0.6 is 0 Å². The normalized spacial score (nSPS) is 27.3. The first-order valence-electron chi connectivity index (χ1n) is 7.97. The Balaban J connectivity index is 2.24. The Morgan fingerprint density at radius 3 is 2.85 bits per heavy atom. The second kappa shape index (κ2) is 6.61. The van der Waals surface area contributed by atoms with Gasteiger partial charge in [-0.3, -0.25) is 4.68 Å². The first-order valence-corrected chi connectivity index (χ1v) is 7.97. The maximum atomic E-state index is 11.2. The van der Waals surface area contributed by atoms with Gasteiger partial charge in [-0.1, -0.05) is 26.2 Å². The van der Waals surface area contributed by atoms with Crippen LogP contribution in [0.1, 0.15) is 64.5 Å². The summed E-state index contributed by atoms with van der Waals surface area (Å²) < 4.78 is 7.31. The number of rotatable bonds is 5. The summed E-state index contributed by atoms with van der Waals surface area (Å²) in [7, 11) is 1.65. The number of hydrogen-bond donors (Lipinski definition) is 1. The summed E-state index contributed by atoms with van der Waals surface area (Å²) in [6.07, 6.45) is 9.29. The monoisotopic (exact) mass is 280 g/mol. The van der Waals surface area contributed by atoms with E-state index in [2.05, 4.69) is 18.9 Å². The fraction of sp³-hybridized carbons (Fsp3) is 0.812. The number of aromatic nitrogens is 2. The largest absolute Gasteiger partial charge is 0.493 e. The fourth-order valence-corrected chi connectivity index (χ4v) is 3.56. The molecule has 1 aromatic heterocycles. The van der Waals surface area contributed by atoms with Crippen molar-refractivity contribution >= 4 is 0 Å². The molecule has 0 bridgehead atoms. The Morgan fingerprint density at radius 1 is 1.40 bits per heavy atom. The molecule has 0 amide bonds. The molecular weight excluding hydrogens is 252 g/mol. The van der Waals surface area contributed by atoms with Crippen LogP contribution in [-0.2, 0) is 12.1 Å². The lowest BCUT2D eigenvalue weighted by Gasteiger charge is -2.28. The molecule has 1 aromatic rings. The maximum absolute atomic E-state index is 11.2. The van der Waals surface area contributed by atoms with Crippen molar-refractivity contribution in [2.75, 3.05) is 7.11 Å². The minimum absolute atomic E-state index is 0.725. The van der Waals surface area contributed by atoms with Gasteiger partial charge in [0, 0.05) is 6.54 Å². The number of hydrogen-bond acceptors (Lipinski definition) is 3. The average molecular weight is 280 g/mol. The Kier molecular flexibility index (Phi) is 5.08. The van der Waals surface area contributed by atoms with Crippen LogP contribution in [0.3, 0.4) is 0 Å². The highest BCUT2D eigenvalue weighted by atomic mass is 16.5. The van der Waals surface area contributed by atoms with Crippen molar-refractivity contribution in [3.63, 3.8) is 0 Å². The van der Waals surface area contributed by atoms with Crippen molar-refractivity contribution in [3.05, 3.63) is 11.9 Å². The fourth-order valence-electron chi connectivity index (χ4n) is 3.56. The van der Waals surface area contributed by atoms with Gasteiger partial charge in [-0.05, 0) is 38.5 Å². The highest BCUT2D eigenvalue weighted by molar-refractivity contribution is 5.31. The molecule has 1 fully saturated rings. The van der Waals surface area contributed by atoms with Crippen molar-refractivity contribution < 1.29 is 9.84 Å². The van der Waals surface area contributed by atoms with Crippen molar-refractivity contribution in [1.29, 1.82) is 0 Å². The van der Waals surface area contributed by atoms with Crippen molar-refractivity contribution in [1.82, 2.24) is 9.78 Å². The van der Waals surface area contributed by atoms with E-state index in [1.54, 1.807) is 13.3 Å². The van der Waals surface area contributed by atoms with Gasteiger partial charge in [0.05, 0.1) is 13.3 Å². The number of ether oxygens (including phenoxy) is 1. The predicted molar refractivity (Wildman–Crippen MR) is 79.8 cm³/mol. The maximum Gasteiger partial charge on any atom is 0.162 e. The highest BCUT2D eigenvalue weighted by Crippen LogP contribution is 2.42. The second-order valence-electron chi connectivity index (χ2n) is 5.99. The van der Waals surface area contributed by atoms with Crippen LogP contribution < -0.4 is 4.74 Å². The van der Waals surface area contributed by atoms with Gasteiger partial charge in [0.1, 0.15) is 11.3 Å². The highest BCUT2D eigenvalue weighted by Gasteiger charge is 2.37. The molecule has 1 aliphatic rings. The zero-order valence-electron chi connectivity index (χ0n) is 13.1. The Bertz CT molecular complexity index is 409. The van der Waals surface area contributed by atoms with E-state index < -0.39 is 5.60 Å². The Labute approximate surface area is 122 Å². The molecular formula is C16H28N2O2. The van der Waals surface area contributed by atoms with Crippen LogP contribution in [0, 0.1) is 5.92 Å². The van der Waals surface area contributed by atoms with Gasteiger partial charge in [0.25, 0.3) is 0 Å². The van der Waals surface area contributed by atoms with E-state index >= 15 is 0 Å². The third-order valence-corrected chi connectivity index (χ3v) is 4.63. The summed E-state index contributed by atoms with van der Waals surface area (Å²) in [5.41, 5.74) is 0.0972. The van der Waals surface area contributed by atoms with Gasteiger partial charge in [-0.2, -0.15) is 5.10 Å². The molecule has 4 nitrogen and oxygen atoms in total. The van der Waals surface area contributed by atoms with Crippen LogP contribution in [0.4, 0.5) is 0 Å². The standard InChI is InChI=1S/C16H28N2O2/c1-4-7-13-8-6-10-16(19,11-9-13)15-14(20-3)12-17-18(15)5-2/h12-13,19H,4-11H2,1-3H3. The molecule has 1 saturated carbocycles. The molecule has 0 aliphatic heterocycles. The van der Waals surface area contributed by atoms with E-state index in [4.69, 9.17) is 4.74 Å². The molecule has 0 saturated heterocycles. The molecule has 1 aliphatic carbocycles. The van der Waals surface area contributed by atoms with Crippen LogP contribution in [0.2, 0.25) is 0 Å². The number of nitrogens with zero attached hydrogens (tertiary/aromatic N) is 2. The lowest BCUT2D eigenvalue weighted by atomic mass is 9.89. The summed E-state index contributed by atoms with van der Waals surface area (Å²) in [5.74, 6) is 1.49. The molecule has 114 valence electrons. The molecule has 2 rings (SSSR count). The van der Waals surface area contributed by atoms with Gasteiger partial charge in [-0.25, -0.2) is 0 Å². The van der Waals surface area contributed by atoms with Crippen LogP contribution in [0.15, 0.2) is 6.20 Å². The number of aliphatic hydroxyl groups is 1. The minimum Gasteiger partial charge on any atom is -0.493 e. The topological polar surface area (TPSA) is 47.3 Å². The predicted octanol–water partition coefficient (Wildman–Crippen LogP) is 3.48. The molecule has 0 radical (unpaired) electrons. The smallest absolute Gasteiger partial charge is 0.162 e. The van der Waals surface area contributed by atoms with Crippen LogP contribution in [0.5, 0.6) is 5.75 Å². The Hall–Kier alpha value is -1.03. The molecule has 4 heteroatoms. The lowest BCUT2D eigenvalue weighted by molar-refractivity contribution is 0.00868. The van der Waals surface area contributed by atoms with Crippen molar-refractivity contribution in [3.8, 4) is 5.75 Å². The third kappa shape index (κ3) is 3.00. The van der Waals surface area contributed by atoms with E-state index in [0.717, 1.165) is 49.6 Å². The summed E-state index contributed by atoms with van der Waals surface area (Å²) in [4.78, 5) is 0. The van der Waals surface area contributed by atoms with E-state index in [1.807, 2.05) is 4.68 Å². The SMILES string of the molecule is CCCC1CCCC(O)(c2c(OC)cnn2CC)CC1. The summed E-state index contributed by atoms with van der Waals surface area (Å²) >= 11 is 0. The number of aryl methyl sites for hydroxylation is 1. The molecule has 0 spiro atoms. The van der Waals surface area contributed by atoms with Gasteiger partial charge < -0.3 is 9.84 Å². The van der Waals surface area contributed by atoms with E-state index in [-0.39, 0.29) is 0 Å². The molecule has 20 heavy (non-hydrogen) atoms. The second-order valence-corrected chi connectivity index (χ2v) is 5.99. The number of methoxy groups -OCH3 is 1. The third-order valence-electron chi connectivity index (χ3n) is 4.63. The minimum atomic E-state index is -0.777. The van der Waals surface area contributed by atoms with Crippen LogP contribution in [0.25, 0.3) is 0 Å². The van der Waals surface area contributed by atoms with Gasteiger partial charge in [-0.15, -0.1) is 0 Å². The molecule has 1 heterocycles. The van der Waals surface area contributed by atoms with E-state index in [1.165, 1.54) is 19.3 Å². The lowest BCUT2D eigenvalue weighted by Crippen LogP contribution is -2.29. The summed E-state index contributed by atoms with van der Waals surface area (Å²) in [5, 5.41) is 15.5. The van der Waals surface area contributed by atoms with E-state index in [9.17, 15) is 5.11 Å². The Morgan fingerprint density at radius 2 is 2.20 bits per heavy atom. The first-order chi connectivity index (χ1) is 9.64. The molecule has 2 unspecified atom stereocenters. The van der Waals surface area contributed by atoms with Crippen LogP contribution in [-0.4, -0.2) is 22.0 Å². The average Bonchev–Trinajstić information content (AvgIpc) is 2.79.